The molecule has 2 heterocycles. The standard InChI is InChI=1S/C16H26N4O/c1-11(2)14-8-12(9-15(17)19-14)16(21)18-10-13-6-4-5-7-20(13)3/h8-9,11,13H,4-7,10H2,1-3H3,(H2,17,19)(H,18,21). The number of nitrogens with one attached hydrogen (secondary N) is 1. The van der Waals surface area contributed by atoms with Crippen LogP contribution in [-0.2, 0) is 0 Å². The molecule has 1 unspecified atom stereocenters. The Morgan fingerprint density at radius 2 is 2.24 bits per heavy atom. The topological polar surface area (TPSA) is 71.2 Å². The van der Waals surface area contributed by atoms with Gasteiger partial charge < -0.3 is 16.0 Å². The Bertz CT molecular complexity index is 501. The second kappa shape index (κ2) is 6.89. The van der Waals surface area contributed by atoms with Gasteiger partial charge in [-0.15, -0.1) is 0 Å². The zero-order chi connectivity index (χ0) is 15.4. The van der Waals surface area contributed by atoms with E-state index in [1.54, 1.807) is 6.07 Å². The molecule has 0 spiro atoms. The van der Waals surface area contributed by atoms with Crippen molar-refractivity contribution >= 4 is 11.7 Å². The Morgan fingerprint density at radius 1 is 1.48 bits per heavy atom. The molecule has 1 saturated heterocycles. The third-order valence-electron chi connectivity index (χ3n) is 4.14. The van der Waals surface area contributed by atoms with E-state index in [0.29, 0.717) is 24.0 Å². The molecule has 1 aromatic heterocycles. The van der Waals surface area contributed by atoms with Gasteiger partial charge in [-0.1, -0.05) is 20.3 Å². The molecule has 1 amide bonds. The van der Waals surface area contributed by atoms with Gasteiger partial charge in [0.25, 0.3) is 5.91 Å². The third kappa shape index (κ3) is 4.17. The van der Waals surface area contributed by atoms with Gasteiger partial charge in [0.05, 0.1) is 0 Å². The molecular formula is C16H26N4O. The van der Waals surface area contributed by atoms with Crippen LogP contribution >= 0.6 is 0 Å². The summed E-state index contributed by atoms with van der Waals surface area (Å²) in [7, 11) is 2.12. The Balaban J connectivity index is 1.99. The third-order valence-corrected chi connectivity index (χ3v) is 4.14. The van der Waals surface area contributed by atoms with Crippen LogP contribution < -0.4 is 11.1 Å². The number of pyridine rings is 1. The average molecular weight is 290 g/mol. The van der Waals surface area contributed by atoms with Crippen molar-refractivity contribution in [3.05, 3.63) is 23.4 Å². The van der Waals surface area contributed by atoms with E-state index in [4.69, 9.17) is 5.73 Å². The van der Waals surface area contributed by atoms with Gasteiger partial charge in [0.2, 0.25) is 0 Å². The molecule has 5 nitrogen and oxygen atoms in total. The van der Waals surface area contributed by atoms with Crippen molar-refractivity contribution in [1.29, 1.82) is 0 Å². The van der Waals surface area contributed by atoms with E-state index in [9.17, 15) is 4.79 Å². The predicted octanol–water partition coefficient (Wildman–Crippen LogP) is 2.00. The molecule has 0 radical (unpaired) electrons. The van der Waals surface area contributed by atoms with Crippen LogP contribution in [0, 0.1) is 0 Å². The maximum atomic E-state index is 12.3. The number of carbonyl (C=O) groups is 1. The van der Waals surface area contributed by atoms with E-state index in [-0.39, 0.29) is 11.8 Å². The summed E-state index contributed by atoms with van der Waals surface area (Å²) < 4.78 is 0. The van der Waals surface area contributed by atoms with E-state index < -0.39 is 0 Å². The molecule has 21 heavy (non-hydrogen) atoms. The Hall–Kier alpha value is -1.62. The van der Waals surface area contributed by atoms with Crippen molar-refractivity contribution in [2.24, 2.45) is 0 Å². The van der Waals surface area contributed by atoms with Gasteiger partial charge in [0, 0.05) is 23.8 Å². The highest BCUT2D eigenvalue weighted by Gasteiger charge is 2.20. The summed E-state index contributed by atoms with van der Waals surface area (Å²) in [5.74, 6) is 0.593. The number of likely N-dealkylation sites (N-methyl/N-ethyl adjacent to an activating group) is 1. The number of rotatable bonds is 4. The molecule has 0 aliphatic carbocycles. The van der Waals surface area contributed by atoms with Gasteiger partial charge in [-0.2, -0.15) is 0 Å². The fourth-order valence-electron chi connectivity index (χ4n) is 2.72. The zero-order valence-electron chi connectivity index (χ0n) is 13.2. The van der Waals surface area contributed by atoms with E-state index in [2.05, 4.69) is 22.2 Å². The Morgan fingerprint density at radius 3 is 2.90 bits per heavy atom. The lowest BCUT2D eigenvalue weighted by Crippen LogP contribution is -2.44. The summed E-state index contributed by atoms with van der Waals surface area (Å²) in [5, 5.41) is 3.03. The van der Waals surface area contributed by atoms with Crippen molar-refractivity contribution in [2.75, 3.05) is 25.9 Å². The fraction of sp³-hybridized carbons (Fsp3) is 0.625. The van der Waals surface area contributed by atoms with Crippen LogP contribution in [0.3, 0.4) is 0 Å². The second-order valence-corrected chi connectivity index (χ2v) is 6.20. The summed E-state index contributed by atoms with van der Waals surface area (Å²) in [4.78, 5) is 18.9. The van der Waals surface area contributed by atoms with Crippen LogP contribution in [0.25, 0.3) is 0 Å². The van der Waals surface area contributed by atoms with E-state index in [1.807, 2.05) is 19.9 Å². The van der Waals surface area contributed by atoms with Crippen molar-refractivity contribution in [3.63, 3.8) is 0 Å². The van der Waals surface area contributed by atoms with E-state index in [1.165, 1.54) is 12.8 Å². The lowest BCUT2D eigenvalue weighted by atomic mass is 10.0. The molecule has 116 valence electrons. The smallest absolute Gasteiger partial charge is 0.251 e. The van der Waals surface area contributed by atoms with E-state index in [0.717, 1.165) is 18.7 Å². The monoisotopic (exact) mass is 290 g/mol. The summed E-state index contributed by atoms with van der Waals surface area (Å²) in [6.45, 7) is 5.88. The van der Waals surface area contributed by atoms with Gasteiger partial charge >= 0.3 is 0 Å². The molecule has 1 atom stereocenters. The molecule has 0 bridgehead atoms. The number of amides is 1. The number of hydrogen-bond acceptors (Lipinski definition) is 4. The summed E-state index contributed by atoms with van der Waals surface area (Å²) in [6, 6.07) is 3.92. The highest BCUT2D eigenvalue weighted by Crippen LogP contribution is 2.17. The SMILES string of the molecule is CC(C)c1cc(C(=O)NCC2CCCCN2C)cc(N)n1. The number of likely N-dealkylation sites (tertiary alicyclic amines) is 1. The van der Waals surface area contributed by atoms with Crippen LogP contribution in [0.15, 0.2) is 12.1 Å². The van der Waals surface area contributed by atoms with Crippen molar-refractivity contribution in [3.8, 4) is 0 Å². The van der Waals surface area contributed by atoms with Gasteiger partial charge in [0.15, 0.2) is 0 Å². The minimum absolute atomic E-state index is 0.0648. The molecule has 0 saturated carbocycles. The maximum absolute atomic E-state index is 12.3. The van der Waals surface area contributed by atoms with Crippen molar-refractivity contribution in [1.82, 2.24) is 15.2 Å². The number of piperidine rings is 1. The minimum atomic E-state index is -0.0648. The molecule has 3 N–H and O–H groups in total. The fourth-order valence-corrected chi connectivity index (χ4v) is 2.72. The van der Waals surface area contributed by atoms with Gasteiger partial charge in [-0.25, -0.2) is 4.98 Å². The molecule has 5 heteroatoms. The first-order valence-electron chi connectivity index (χ1n) is 7.73. The zero-order valence-corrected chi connectivity index (χ0v) is 13.2. The first kappa shape index (κ1) is 15.8. The van der Waals surface area contributed by atoms with Gasteiger partial charge in [-0.05, 0) is 44.5 Å². The second-order valence-electron chi connectivity index (χ2n) is 6.20. The molecule has 1 fully saturated rings. The highest BCUT2D eigenvalue weighted by molar-refractivity contribution is 5.94. The number of nitrogens with two attached hydrogens (primary N) is 1. The molecule has 1 aromatic rings. The number of nitrogens with zero attached hydrogens (tertiary/aromatic N) is 2. The van der Waals surface area contributed by atoms with Gasteiger partial charge in [-0.3, -0.25) is 4.79 Å². The summed E-state index contributed by atoms with van der Waals surface area (Å²) in [5.41, 5.74) is 7.25. The Labute approximate surface area is 126 Å². The van der Waals surface area contributed by atoms with Crippen LogP contribution in [-0.4, -0.2) is 42.0 Å². The van der Waals surface area contributed by atoms with Crippen LogP contribution in [0.2, 0.25) is 0 Å². The van der Waals surface area contributed by atoms with Gasteiger partial charge in [0.1, 0.15) is 5.82 Å². The lowest BCUT2D eigenvalue weighted by Gasteiger charge is -2.32. The molecule has 2 rings (SSSR count). The predicted molar refractivity (Wildman–Crippen MR) is 85.3 cm³/mol. The van der Waals surface area contributed by atoms with Crippen molar-refractivity contribution < 1.29 is 4.79 Å². The van der Waals surface area contributed by atoms with Crippen molar-refractivity contribution in [2.45, 2.75) is 45.1 Å². The lowest BCUT2D eigenvalue weighted by molar-refractivity contribution is 0.0928. The molecule has 1 aliphatic rings. The largest absolute Gasteiger partial charge is 0.384 e. The Kier molecular flexibility index (Phi) is 5.17. The van der Waals surface area contributed by atoms with E-state index >= 15 is 0 Å². The first-order valence-corrected chi connectivity index (χ1v) is 7.73. The first-order chi connectivity index (χ1) is 9.97. The van der Waals surface area contributed by atoms with Crippen LogP contribution in [0.4, 0.5) is 5.82 Å². The number of nitrogen functional groups attached to an aromatic ring is 1. The number of anilines is 1. The number of carbonyl (C=O) groups excluding carboxylic acids is 1. The van der Waals surface area contributed by atoms with Crippen LogP contribution in [0.5, 0.6) is 0 Å². The van der Waals surface area contributed by atoms with Crippen LogP contribution in [0.1, 0.15) is 55.1 Å². The average Bonchev–Trinajstić information content (AvgIpc) is 2.45. The molecular weight excluding hydrogens is 264 g/mol. The summed E-state index contributed by atoms with van der Waals surface area (Å²) >= 11 is 0. The number of aromatic nitrogens is 1. The highest BCUT2D eigenvalue weighted by atomic mass is 16.1. The quantitative estimate of drug-likeness (QED) is 0.889. The summed E-state index contributed by atoms with van der Waals surface area (Å²) in [6.07, 6.45) is 3.64. The molecule has 0 aromatic carbocycles. The minimum Gasteiger partial charge on any atom is -0.384 e. The molecule has 1 aliphatic heterocycles. The number of hydrogen-bond donors (Lipinski definition) is 2. The normalized spacial score (nSPS) is 19.7. The maximum Gasteiger partial charge on any atom is 0.251 e.